The van der Waals surface area contributed by atoms with Gasteiger partial charge in [0.1, 0.15) is 17.7 Å². The number of nitrogens with two attached hydrogens (primary N) is 1. The number of hydrogen-bond donors (Lipinski definition) is 1. The molecule has 8 heteroatoms. The standard InChI is InChI=1S/C18H16F2N4OS/c1-24(17-23-14-11(16(21)25)4-2-6-13(14)26-17)18(8-10(19)9-18)15-12(20)5-3-7-22-15/h2-7,10H,8-9H2,1H3,(H2,21,25). The van der Waals surface area contributed by atoms with Gasteiger partial charge in [0, 0.05) is 26.1 Å². The maximum Gasteiger partial charge on any atom is 0.250 e. The first-order valence-corrected chi connectivity index (χ1v) is 8.92. The summed E-state index contributed by atoms with van der Waals surface area (Å²) in [5.41, 5.74) is 5.56. The van der Waals surface area contributed by atoms with Crippen LogP contribution in [0, 0.1) is 5.82 Å². The van der Waals surface area contributed by atoms with Crippen LogP contribution in [0.3, 0.4) is 0 Å². The monoisotopic (exact) mass is 374 g/mol. The van der Waals surface area contributed by atoms with Gasteiger partial charge in [0.2, 0.25) is 0 Å². The van der Waals surface area contributed by atoms with E-state index in [-0.39, 0.29) is 18.5 Å². The second-order valence-corrected chi connectivity index (χ2v) is 7.45. The highest BCUT2D eigenvalue weighted by molar-refractivity contribution is 7.22. The highest BCUT2D eigenvalue weighted by Crippen LogP contribution is 2.50. The third-order valence-electron chi connectivity index (χ3n) is 4.92. The van der Waals surface area contributed by atoms with E-state index in [9.17, 15) is 13.6 Å². The second-order valence-electron chi connectivity index (χ2n) is 6.44. The Morgan fingerprint density at radius 3 is 2.77 bits per heavy atom. The summed E-state index contributed by atoms with van der Waals surface area (Å²) in [5.74, 6) is -1.03. The Balaban J connectivity index is 1.82. The molecule has 2 N–H and O–H groups in total. The Morgan fingerprint density at radius 1 is 1.35 bits per heavy atom. The minimum absolute atomic E-state index is 0.135. The SMILES string of the molecule is CN(c1nc2c(C(N)=O)cccc2s1)C1(c2ncccc2F)CC(F)C1. The van der Waals surface area contributed by atoms with Gasteiger partial charge in [0.25, 0.3) is 5.91 Å². The van der Waals surface area contributed by atoms with Crippen molar-refractivity contribution in [3.63, 3.8) is 0 Å². The predicted octanol–water partition coefficient (Wildman–Crippen LogP) is 3.39. The summed E-state index contributed by atoms with van der Waals surface area (Å²) in [7, 11) is 1.75. The van der Waals surface area contributed by atoms with E-state index >= 15 is 0 Å². The Labute approximate surface area is 152 Å². The van der Waals surface area contributed by atoms with Crippen molar-refractivity contribution in [2.75, 3.05) is 11.9 Å². The number of hydrogen-bond acceptors (Lipinski definition) is 5. The van der Waals surface area contributed by atoms with E-state index in [1.54, 1.807) is 24.1 Å². The number of alkyl halides is 1. The van der Waals surface area contributed by atoms with Crippen molar-refractivity contribution >= 4 is 32.6 Å². The third-order valence-corrected chi connectivity index (χ3v) is 6.02. The van der Waals surface area contributed by atoms with Crippen molar-refractivity contribution in [3.05, 3.63) is 53.6 Å². The number of thiazole rings is 1. The Hall–Kier alpha value is -2.61. The van der Waals surface area contributed by atoms with Gasteiger partial charge in [-0.2, -0.15) is 0 Å². The average molecular weight is 374 g/mol. The first-order chi connectivity index (χ1) is 12.4. The number of fused-ring (bicyclic) bond motifs is 1. The third kappa shape index (κ3) is 2.44. The molecule has 1 aromatic carbocycles. The van der Waals surface area contributed by atoms with Crippen LogP contribution in [0.4, 0.5) is 13.9 Å². The largest absolute Gasteiger partial charge is 0.366 e. The molecule has 0 bridgehead atoms. The van der Waals surface area contributed by atoms with Gasteiger partial charge in [-0.3, -0.25) is 9.78 Å². The maximum absolute atomic E-state index is 14.4. The molecule has 4 rings (SSSR count). The number of anilines is 1. The molecule has 3 aromatic rings. The Bertz CT molecular complexity index is 1000. The normalized spacial score (nSPS) is 22.2. The topological polar surface area (TPSA) is 72.1 Å². The lowest BCUT2D eigenvalue weighted by molar-refractivity contribution is 0.0871. The van der Waals surface area contributed by atoms with Crippen LogP contribution in [-0.2, 0) is 5.54 Å². The molecule has 2 aromatic heterocycles. The number of benzene rings is 1. The van der Waals surface area contributed by atoms with E-state index < -0.39 is 23.4 Å². The smallest absolute Gasteiger partial charge is 0.250 e. The zero-order chi connectivity index (χ0) is 18.5. The van der Waals surface area contributed by atoms with Gasteiger partial charge < -0.3 is 10.6 Å². The van der Waals surface area contributed by atoms with Crippen molar-refractivity contribution in [1.29, 1.82) is 0 Å². The number of aromatic nitrogens is 2. The summed E-state index contributed by atoms with van der Waals surface area (Å²) < 4.78 is 29.0. The van der Waals surface area contributed by atoms with Crippen LogP contribution >= 0.6 is 11.3 Å². The summed E-state index contributed by atoms with van der Waals surface area (Å²) in [6, 6.07) is 8.02. The maximum atomic E-state index is 14.4. The first-order valence-electron chi connectivity index (χ1n) is 8.10. The van der Waals surface area contributed by atoms with E-state index in [0.717, 1.165) is 4.70 Å². The fourth-order valence-corrected chi connectivity index (χ4v) is 4.53. The van der Waals surface area contributed by atoms with Crippen LogP contribution in [-0.4, -0.2) is 29.1 Å². The Kier molecular flexibility index (Phi) is 3.87. The number of carbonyl (C=O) groups is 1. The van der Waals surface area contributed by atoms with Crippen molar-refractivity contribution < 1.29 is 13.6 Å². The summed E-state index contributed by atoms with van der Waals surface area (Å²) >= 11 is 1.35. The number of amides is 1. The van der Waals surface area contributed by atoms with Gasteiger partial charge in [0.15, 0.2) is 5.13 Å². The van der Waals surface area contributed by atoms with Gasteiger partial charge in [-0.15, -0.1) is 0 Å². The van der Waals surface area contributed by atoms with E-state index in [1.807, 2.05) is 6.07 Å². The lowest BCUT2D eigenvalue weighted by atomic mass is 9.71. The number of halogens is 2. The van der Waals surface area contributed by atoms with Crippen LogP contribution in [0.15, 0.2) is 36.5 Å². The van der Waals surface area contributed by atoms with E-state index in [2.05, 4.69) is 9.97 Å². The Morgan fingerprint density at radius 2 is 2.12 bits per heavy atom. The quantitative estimate of drug-likeness (QED) is 0.760. The molecule has 2 heterocycles. The van der Waals surface area contributed by atoms with Crippen LogP contribution in [0.2, 0.25) is 0 Å². The minimum atomic E-state index is -1.02. The zero-order valence-corrected chi connectivity index (χ0v) is 14.8. The molecular weight excluding hydrogens is 358 g/mol. The molecule has 0 unspecified atom stereocenters. The molecule has 1 fully saturated rings. The molecule has 5 nitrogen and oxygen atoms in total. The van der Waals surface area contributed by atoms with Gasteiger partial charge >= 0.3 is 0 Å². The molecule has 0 saturated heterocycles. The van der Waals surface area contributed by atoms with Gasteiger partial charge in [-0.05, 0) is 24.3 Å². The lowest BCUT2D eigenvalue weighted by Crippen LogP contribution is -2.55. The highest BCUT2D eigenvalue weighted by Gasteiger charge is 2.52. The van der Waals surface area contributed by atoms with E-state index in [0.29, 0.717) is 16.2 Å². The zero-order valence-electron chi connectivity index (χ0n) is 13.9. The molecule has 1 aliphatic rings. The average Bonchev–Trinajstić information content (AvgIpc) is 3.02. The number of rotatable bonds is 4. The van der Waals surface area contributed by atoms with Crippen LogP contribution in [0.25, 0.3) is 10.2 Å². The molecule has 0 spiro atoms. The van der Waals surface area contributed by atoms with Crippen molar-refractivity contribution in [2.24, 2.45) is 5.73 Å². The highest BCUT2D eigenvalue weighted by atomic mass is 32.1. The molecule has 1 aliphatic carbocycles. The van der Waals surface area contributed by atoms with Crippen molar-refractivity contribution in [1.82, 2.24) is 9.97 Å². The van der Waals surface area contributed by atoms with Gasteiger partial charge in [-0.1, -0.05) is 17.4 Å². The number of carbonyl (C=O) groups excluding carboxylic acids is 1. The van der Waals surface area contributed by atoms with Crippen molar-refractivity contribution in [2.45, 2.75) is 24.6 Å². The molecular formula is C18H16F2N4OS. The predicted molar refractivity (Wildman–Crippen MR) is 96.5 cm³/mol. The fourth-order valence-electron chi connectivity index (χ4n) is 3.49. The number of nitrogens with zero attached hydrogens (tertiary/aromatic N) is 3. The number of primary amides is 1. The fraction of sp³-hybridized carbons (Fsp3) is 0.278. The van der Waals surface area contributed by atoms with Crippen LogP contribution < -0.4 is 10.6 Å². The molecule has 0 atom stereocenters. The summed E-state index contributed by atoms with van der Waals surface area (Å²) in [6.45, 7) is 0. The summed E-state index contributed by atoms with van der Waals surface area (Å²) in [5, 5.41) is 0.561. The summed E-state index contributed by atoms with van der Waals surface area (Å²) in [6.07, 6.45) is 0.754. The van der Waals surface area contributed by atoms with Crippen LogP contribution in [0.5, 0.6) is 0 Å². The minimum Gasteiger partial charge on any atom is -0.366 e. The second kappa shape index (κ2) is 5.98. The molecule has 1 amide bonds. The molecule has 134 valence electrons. The van der Waals surface area contributed by atoms with E-state index in [1.165, 1.54) is 29.7 Å². The number of pyridine rings is 1. The van der Waals surface area contributed by atoms with Gasteiger partial charge in [-0.25, -0.2) is 13.8 Å². The number of para-hydroxylation sites is 1. The van der Waals surface area contributed by atoms with Gasteiger partial charge in [0.05, 0.1) is 21.3 Å². The lowest BCUT2D eigenvalue weighted by Gasteiger charge is -2.49. The molecule has 0 aliphatic heterocycles. The van der Waals surface area contributed by atoms with E-state index in [4.69, 9.17) is 5.73 Å². The van der Waals surface area contributed by atoms with Crippen molar-refractivity contribution in [3.8, 4) is 0 Å². The first kappa shape index (κ1) is 16.8. The summed E-state index contributed by atoms with van der Waals surface area (Å²) in [4.78, 5) is 22.1. The van der Waals surface area contributed by atoms with Crippen LogP contribution in [0.1, 0.15) is 28.9 Å². The molecule has 0 radical (unpaired) electrons. The molecule has 1 saturated carbocycles. The molecule has 26 heavy (non-hydrogen) atoms.